The second kappa shape index (κ2) is 8.18. The van der Waals surface area contributed by atoms with Crippen LogP contribution in [0.1, 0.15) is 16.2 Å². The van der Waals surface area contributed by atoms with Gasteiger partial charge in [0.25, 0.3) is 0 Å². The van der Waals surface area contributed by atoms with Crippen LogP contribution in [0.3, 0.4) is 0 Å². The van der Waals surface area contributed by atoms with E-state index in [1.165, 1.54) is 7.11 Å². The summed E-state index contributed by atoms with van der Waals surface area (Å²) in [4.78, 5) is 20.8. The van der Waals surface area contributed by atoms with Gasteiger partial charge in [-0.15, -0.1) is 0 Å². The molecule has 7 heteroatoms. The van der Waals surface area contributed by atoms with Crippen LogP contribution in [0.25, 0.3) is 0 Å². The normalized spacial score (nSPS) is 10.2. The zero-order chi connectivity index (χ0) is 19.2. The number of aromatic nitrogens is 2. The van der Waals surface area contributed by atoms with Crippen LogP contribution in [0, 0.1) is 6.92 Å². The molecule has 7 nitrogen and oxygen atoms in total. The molecule has 0 aliphatic heterocycles. The van der Waals surface area contributed by atoms with Crippen molar-refractivity contribution < 1.29 is 14.3 Å². The van der Waals surface area contributed by atoms with Crippen molar-refractivity contribution in [3.63, 3.8) is 0 Å². The van der Waals surface area contributed by atoms with Gasteiger partial charge in [-0.05, 0) is 31.2 Å². The molecule has 0 bridgehead atoms. The van der Waals surface area contributed by atoms with Crippen molar-refractivity contribution in [3.05, 3.63) is 66.0 Å². The van der Waals surface area contributed by atoms with Gasteiger partial charge >= 0.3 is 5.97 Å². The zero-order valence-corrected chi connectivity index (χ0v) is 15.3. The quantitative estimate of drug-likeness (QED) is 0.638. The number of carbonyl (C=O) groups excluding carboxylic acids is 1. The Kier molecular flexibility index (Phi) is 5.51. The minimum absolute atomic E-state index is 0.420. The number of esters is 1. The van der Waals surface area contributed by atoms with Gasteiger partial charge in [-0.1, -0.05) is 24.3 Å². The van der Waals surface area contributed by atoms with Crippen molar-refractivity contribution >= 4 is 29.0 Å². The fourth-order valence-corrected chi connectivity index (χ4v) is 2.60. The van der Waals surface area contributed by atoms with Crippen molar-refractivity contribution in [2.75, 3.05) is 24.9 Å². The molecule has 2 aromatic carbocycles. The Morgan fingerprint density at radius 1 is 0.889 bits per heavy atom. The molecule has 0 amide bonds. The first-order valence-electron chi connectivity index (χ1n) is 8.31. The van der Waals surface area contributed by atoms with Crippen LogP contribution in [0.4, 0.5) is 23.0 Å². The zero-order valence-electron chi connectivity index (χ0n) is 15.3. The largest absolute Gasteiger partial charge is 0.495 e. The van der Waals surface area contributed by atoms with Crippen LogP contribution >= 0.6 is 0 Å². The SMILES string of the molecule is COC(=O)c1ccccc1Nc1cc(Nc2ccccc2OC)nc(C)n1. The second-order valence-corrected chi connectivity index (χ2v) is 5.67. The smallest absolute Gasteiger partial charge is 0.339 e. The Balaban J connectivity index is 1.90. The maximum Gasteiger partial charge on any atom is 0.339 e. The molecular weight excluding hydrogens is 344 g/mol. The van der Waals surface area contributed by atoms with E-state index < -0.39 is 5.97 Å². The lowest BCUT2D eigenvalue weighted by molar-refractivity contribution is 0.0602. The Bertz CT molecular complexity index is 959. The summed E-state index contributed by atoms with van der Waals surface area (Å²) >= 11 is 0. The first-order chi connectivity index (χ1) is 13.1. The number of ether oxygens (including phenoxy) is 2. The number of para-hydroxylation sites is 3. The van der Waals surface area contributed by atoms with E-state index >= 15 is 0 Å². The number of hydrogen-bond donors (Lipinski definition) is 2. The Labute approximate surface area is 157 Å². The number of hydrogen-bond acceptors (Lipinski definition) is 7. The number of benzene rings is 2. The van der Waals surface area contributed by atoms with Gasteiger partial charge in [0.05, 0.1) is 31.2 Å². The Morgan fingerprint density at radius 3 is 2.15 bits per heavy atom. The maximum atomic E-state index is 11.9. The average Bonchev–Trinajstić information content (AvgIpc) is 2.68. The molecule has 1 heterocycles. The molecule has 2 N–H and O–H groups in total. The van der Waals surface area contributed by atoms with E-state index in [4.69, 9.17) is 9.47 Å². The molecule has 1 aromatic heterocycles. The molecule has 0 atom stereocenters. The summed E-state index contributed by atoms with van der Waals surface area (Å²) in [6.07, 6.45) is 0. The minimum atomic E-state index is -0.420. The monoisotopic (exact) mass is 364 g/mol. The maximum absolute atomic E-state index is 11.9. The van der Waals surface area contributed by atoms with Gasteiger partial charge in [0, 0.05) is 6.07 Å². The van der Waals surface area contributed by atoms with Crippen molar-refractivity contribution in [2.45, 2.75) is 6.92 Å². The topological polar surface area (TPSA) is 85.4 Å². The third kappa shape index (κ3) is 4.33. The second-order valence-electron chi connectivity index (χ2n) is 5.67. The van der Waals surface area contributed by atoms with Crippen molar-refractivity contribution in [2.24, 2.45) is 0 Å². The molecule has 3 aromatic rings. The highest BCUT2D eigenvalue weighted by atomic mass is 16.5. The van der Waals surface area contributed by atoms with Gasteiger partial charge < -0.3 is 20.1 Å². The predicted octanol–water partition coefficient (Wildman–Crippen LogP) is 4.07. The van der Waals surface area contributed by atoms with Crippen LogP contribution < -0.4 is 15.4 Å². The number of anilines is 4. The average molecular weight is 364 g/mol. The third-order valence-electron chi connectivity index (χ3n) is 3.80. The van der Waals surface area contributed by atoms with E-state index in [-0.39, 0.29) is 0 Å². The third-order valence-corrected chi connectivity index (χ3v) is 3.80. The summed E-state index contributed by atoms with van der Waals surface area (Å²) in [5, 5.41) is 6.39. The first-order valence-corrected chi connectivity index (χ1v) is 8.31. The summed E-state index contributed by atoms with van der Waals surface area (Å²) in [5.41, 5.74) is 1.82. The summed E-state index contributed by atoms with van der Waals surface area (Å²) in [6, 6.07) is 16.4. The molecule has 0 aliphatic rings. The Hall–Kier alpha value is -3.61. The van der Waals surface area contributed by atoms with Gasteiger partial charge in [-0.2, -0.15) is 0 Å². The highest BCUT2D eigenvalue weighted by molar-refractivity contribution is 5.96. The van der Waals surface area contributed by atoms with E-state index in [0.29, 0.717) is 34.5 Å². The lowest BCUT2D eigenvalue weighted by atomic mass is 10.2. The van der Waals surface area contributed by atoms with E-state index in [1.54, 1.807) is 38.3 Å². The summed E-state index contributed by atoms with van der Waals surface area (Å²) < 4.78 is 10.2. The molecule has 0 saturated heterocycles. The summed E-state index contributed by atoms with van der Waals surface area (Å²) in [7, 11) is 2.96. The number of methoxy groups -OCH3 is 2. The van der Waals surface area contributed by atoms with E-state index in [0.717, 1.165) is 5.69 Å². The van der Waals surface area contributed by atoms with E-state index in [9.17, 15) is 4.79 Å². The van der Waals surface area contributed by atoms with Crippen LogP contribution in [0.5, 0.6) is 5.75 Å². The van der Waals surface area contributed by atoms with Gasteiger partial charge in [0.15, 0.2) is 0 Å². The highest BCUT2D eigenvalue weighted by Gasteiger charge is 2.12. The minimum Gasteiger partial charge on any atom is -0.495 e. The molecule has 0 unspecified atom stereocenters. The Morgan fingerprint density at radius 2 is 1.48 bits per heavy atom. The van der Waals surface area contributed by atoms with Crippen LogP contribution in [0.2, 0.25) is 0 Å². The standard InChI is InChI=1S/C20H20N4O3/c1-13-21-18(23-15-9-5-4-8-14(15)20(25)27-3)12-19(22-13)24-16-10-6-7-11-17(16)26-2/h4-12H,1-3H3,(H2,21,22,23,24). The van der Waals surface area contributed by atoms with Crippen molar-refractivity contribution in [1.29, 1.82) is 0 Å². The fourth-order valence-electron chi connectivity index (χ4n) is 2.60. The first kappa shape index (κ1) is 18.2. The van der Waals surface area contributed by atoms with Gasteiger partial charge in [-0.3, -0.25) is 0 Å². The van der Waals surface area contributed by atoms with E-state index in [2.05, 4.69) is 20.6 Å². The summed E-state index contributed by atoms with van der Waals surface area (Å²) in [6.45, 7) is 1.80. The molecule has 3 rings (SSSR count). The fraction of sp³-hybridized carbons (Fsp3) is 0.150. The summed E-state index contributed by atoms with van der Waals surface area (Å²) in [5.74, 6) is 2.02. The van der Waals surface area contributed by atoms with Crippen LogP contribution in [-0.4, -0.2) is 30.2 Å². The van der Waals surface area contributed by atoms with Crippen LogP contribution in [-0.2, 0) is 4.74 Å². The number of aryl methyl sites for hydroxylation is 1. The lowest BCUT2D eigenvalue weighted by Gasteiger charge is -2.13. The molecular formula is C20H20N4O3. The number of nitrogens with one attached hydrogen (secondary N) is 2. The van der Waals surface area contributed by atoms with E-state index in [1.807, 2.05) is 30.3 Å². The van der Waals surface area contributed by atoms with Crippen molar-refractivity contribution in [1.82, 2.24) is 9.97 Å². The van der Waals surface area contributed by atoms with Crippen molar-refractivity contribution in [3.8, 4) is 5.75 Å². The highest BCUT2D eigenvalue weighted by Crippen LogP contribution is 2.28. The molecule has 0 fully saturated rings. The molecule has 27 heavy (non-hydrogen) atoms. The molecule has 138 valence electrons. The molecule has 0 saturated carbocycles. The number of rotatable bonds is 6. The van der Waals surface area contributed by atoms with Gasteiger partial charge in [0.2, 0.25) is 0 Å². The number of nitrogens with zero attached hydrogens (tertiary/aromatic N) is 2. The van der Waals surface area contributed by atoms with Crippen LogP contribution in [0.15, 0.2) is 54.6 Å². The van der Waals surface area contributed by atoms with Gasteiger partial charge in [-0.25, -0.2) is 14.8 Å². The lowest BCUT2D eigenvalue weighted by Crippen LogP contribution is -2.07. The van der Waals surface area contributed by atoms with Gasteiger partial charge in [0.1, 0.15) is 23.2 Å². The predicted molar refractivity (Wildman–Crippen MR) is 104 cm³/mol. The molecule has 0 spiro atoms. The number of carbonyl (C=O) groups is 1. The molecule has 0 radical (unpaired) electrons. The molecule has 0 aliphatic carbocycles.